The van der Waals surface area contributed by atoms with E-state index in [4.69, 9.17) is 11.6 Å². The van der Waals surface area contributed by atoms with Crippen molar-refractivity contribution in [2.45, 2.75) is 13.3 Å². The number of halogens is 1. The highest BCUT2D eigenvalue weighted by Crippen LogP contribution is 2.30. The van der Waals surface area contributed by atoms with Crippen molar-refractivity contribution in [1.29, 1.82) is 0 Å². The molecule has 0 aliphatic carbocycles. The number of imidazole rings is 1. The Morgan fingerprint density at radius 1 is 1.38 bits per heavy atom. The predicted molar refractivity (Wildman–Crippen MR) is 104 cm³/mol. The zero-order valence-corrected chi connectivity index (χ0v) is 15.5. The first-order valence-electron chi connectivity index (χ1n) is 8.04. The van der Waals surface area contributed by atoms with Gasteiger partial charge in [0.05, 0.1) is 5.69 Å². The molecule has 8 heteroatoms. The number of nitrogens with zero attached hydrogens (tertiary/aromatic N) is 3. The van der Waals surface area contributed by atoms with E-state index in [2.05, 4.69) is 10.3 Å². The molecule has 0 saturated heterocycles. The van der Waals surface area contributed by atoms with Crippen LogP contribution in [-0.2, 0) is 16.0 Å². The van der Waals surface area contributed by atoms with Crippen LogP contribution in [0.15, 0.2) is 35.9 Å². The van der Waals surface area contributed by atoms with Gasteiger partial charge in [-0.3, -0.25) is 14.0 Å². The molecule has 26 heavy (non-hydrogen) atoms. The molecule has 1 aliphatic heterocycles. The van der Waals surface area contributed by atoms with Gasteiger partial charge in [-0.2, -0.15) is 0 Å². The van der Waals surface area contributed by atoms with Crippen molar-refractivity contribution >= 4 is 57.2 Å². The van der Waals surface area contributed by atoms with Crippen molar-refractivity contribution in [3.63, 3.8) is 0 Å². The summed E-state index contributed by atoms with van der Waals surface area (Å²) >= 11 is 7.59. The molecule has 2 amide bonds. The molecule has 0 fully saturated rings. The van der Waals surface area contributed by atoms with Crippen LogP contribution in [0, 0.1) is 0 Å². The largest absolute Gasteiger partial charge is 0.323 e. The normalized spacial score (nSPS) is 13.5. The number of nitrogens with one attached hydrogen (secondary N) is 1. The summed E-state index contributed by atoms with van der Waals surface area (Å²) in [5.74, 6) is -0.228. The van der Waals surface area contributed by atoms with Crippen LogP contribution < -0.4 is 10.2 Å². The van der Waals surface area contributed by atoms with Crippen LogP contribution in [0.2, 0.25) is 5.15 Å². The summed E-state index contributed by atoms with van der Waals surface area (Å²) in [5, 5.41) is 5.11. The number of benzene rings is 1. The molecule has 0 saturated carbocycles. The highest BCUT2D eigenvalue weighted by Gasteiger charge is 2.22. The molecule has 2 aromatic heterocycles. The standard InChI is InChI=1S/C18H15ClN4O2S/c1-11(24)22-7-6-12-10-13(2-3-14(12)22)20-16(25)5-4-15-17(19)21-18-23(15)8-9-26-18/h2-5,8-10H,6-7H2,1H3,(H,20,25). The summed E-state index contributed by atoms with van der Waals surface area (Å²) in [5.41, 5.74) is 3.34. The third-order valence-electron chi connectivity index (χ3n) is 4.27. The number of thiazole rings is 1. The molecule has 3 aromatic rings. The minimum Gasteiger partial charge on any atom is -0.323 e. The van der Waals surface area contributed by atoms with Crippen LogP contribution in [0.4, 0.5) is 11.4 Å². The quantitative estimate of drug-likeness (QED) is 0.699. The first-order valence-corrected chi connectivity index (χ1v) is 9.30. The molecular weight excluding hydrogens is 372 g/mol. The van der Waals surface area contributed by atoms with Crippen LogP contribution in [0.25, 0.3) is 11.0 Å². The molecule has 6 nitrogen and oxygen atoms in total. The Bertz CT molecular complexity index is 1050. The summed E-state index contributed by atoms with van der Waals surface area (Å²) < 4.78 is 1.84. The Morgan fingerprint density at radius 2 is 2.23 bits per heavy atom. The lowest BCUT2D eigenvalue weighted by atomic mass is 10.1. The number of carbonyl (C=O) groups excluding carboxylic acids is 2. The number of hydrogen-bond donors (Lipinski definition) is 1. The Hall–Kier alpha value is -2.64. The van der Waals surface area contributed by atoms with Gasteiger partial charge in [0.15, 0.2) is 10.1 Å². The first kappa shape index (κ1) is 16.8. The average molecular weight is 387 g/mol. The second kappa shape index (κ2) is 6.59. The van der Waals surface area contributed by atoms with E-state index >= 15 is 0 Å². The van der Waals surface area contributed by atoms with E-state index in [0.29, 0.717) is 23.1 Å². The van der Waals surface area contributed by atoms with Crippen LogP contribution >= 0.6 is 22.9 Å². The van der Waals surface area contributed by atoms with Crippen LogP contribution in [0.3, 0.4) is 0 Å². The van der Waals surface area contributed by atoms with Crippen molar-refractivity contribution < 1.29 is 9.59 Å². The number of hydrogen-bond acceptors (Lipinski definition) is 4. The topological polar surface area (TPSA) is 66.7 Å². The van der Waals surface area contributed by atoms with E-state index in [1.165, 1.54) is 17.4 Å². The maximum Gasteiger partial charge on any atom is 0.248 e. The van der Waals surface area contributed by atoms with E-state index in [1.807, 2.05) is 28.1 Å². The maximum absolute atomic E-state index is 12.2. The van der Waals surface area contributed by atoms with E-state index < -0.39 is 0 Å². The monoisotopic (exact) mass is 386 g/mol. The summed E-state index contributed by atoms with van der Waals surface area (Å²) in [6, 6.07) is 5.58. The molecule has 0 radical (unpaired) electrons. The van der Waals surface area contributed by atoms with Gasteiger partial charge in [-0.25, -0.2) is 4.98 Å². The molecular formula is C18H15ClN4O2S. The summed E-state index contributed by atoms with van der Waals surface area (Å²) in [6.45, 7) is 2.24. The molecule has 1 N–H and O–H groups in total. The SMILES string of the molecule is CC(=O)N1CCc2cc(NC(=O)C=Cc3c(Cl)nc4sccn34)ccc21. The molecule has 4 rings (SSSR count). The Balaban J connectivity index is 1.50. The second-order valence-electron chi connectivity index (χ2n) is 5.93. The van der Waals surface area contributed by atoms with Gasteiger partial charge in [0.25, 0.3) is 0 Å². The smallest absolute Gasteiger partial charge is 0.248 e. The third kappa shape index (κ3) is 3.00. The predicted octanol–water partition coefficient (Wildman–Crippen LogP) is 3.61. The zero-order valence-electron chi connectivity index (χ0n) is 13.9. The second-order valence-corrected chi connectivity index (χ2v) is 7.16. The van der Waals surface area contributed by atoms with Crippen LogP contribution in [-0.4, -0.2) is 27.7 Å². The summed E-state index contributed by atoms with van der Waals surface area (Å²) in [6.07, 6.45) is 5.73. The van der Waals surface area contributed by atoms with Crippen molar-refractivity contribution in [1.82, 2.24) is 9.38 Å². The molecule has 0 atom stereocenters. The Labute approximate surface area is 158 Å². The highest BCUT2D eigenvalue weighted by molar-refractivity contribution is 7.15. The fourth-order valence-corrected chi connectivity index (χ4v) is 4.08. The lowest BCUT2D eigenvalue weighted by Crippen LogP contribution is -2.25. The van der Waals surface area contributed by atoms with E-state index in [0.717, 1.165) is 22.6 Å². The summed E-state index contributed by atoms with van der Waals surface area (Å²) in [7, 11) is 0. The van der Waals surface area contributed by atoms with Gasteiger partial charge in [-0.05, 0) is 36.3 Å². The van der Waals surface area contributed by atoms with Crippen molar-refractivity contribution in [2.75, 3.05) is 16.8 Å². The molecule has 132 valence electrons. The van der Waals surface area contributed by atoms with Gasteiger partial charge < -0.3 is 10.2 Å². The van der Waals surface area contributed by atoms with E-state index in [1.54, 1.807) is 24.0 Å². The maximum atomic E-state index is 12.2. The van der Waals surface area contributed by atoms with Crippen molar-refractivity contribution in [3.05, 3.63) is 52.3 Å². The number of amides is 2. The van der Waals surface area contributed by atoms with E-state index in [-0.39, 0.29) is 11.8 Å². The lowest BCUT2D eigenvalue weighted by molar-refractivity contribution is -0.116. The molecule has 1 aromatic carbocycles. The number of rotatable bonds is 3. The van der Waals surface area contributed by atoms with Gasteiger partial charge in [-0.15, -0.1) is 11.3 Å². The van der Waals surface area contributed by atoms with Gasteiger partial charge in [0, 0.05) is 42.5 Å². The zero-order chi connectivity index (χ0) is 18.3. The van der Waals surface area contributed by atoms with Crippen LogP contribution in [0.5, 0.6) is 0 Å². The van der Waals surface area contributed by atoms with Crippen LogP contribution in [0.1, 0.15) is 18.2 Å². The van der Waals surface area contributed by atoms with Crippen molar-refractivity contribution in [3.8, 4) is 0 Å². The fourth-order valence-electron chi connectivity index (χ4n) is 3.07. The minimum atomic E-state index is -0.257. The molecule has 0 bridgehead atoms. The number of aromatic nitrogens is 2. The molecule has 0 spiro atoms. The highest BCUT2D eigenvalue weighted by atomic mass is 35.5. The summed E-state index contributed by atoms with van der Waals surface area (Å²) in [4.78, 5) is 30.6. The Morgan fingerprint density at radius 3 is 3.04 bits per heavy atom. The van der Waals surface area contributed by atoms with Gasteiger partial charge in [-0.1, -0.05) is 11.6 Å². The van der Waals surface area contributed by atoms with Gasteiger partial charge >= 0.3 is 0 Å². The Kier molecular flexibility index (Phi) is 4.26. The number of fused-ring (bicyclic) bond motifs is 2. The van der Waals surface area contributed by atoms with Crippen molar-refractivity contribution in [2.24, 2.45) is 0 Å². The van der Waals surface area contributed by atoms with Gasteiger partial charge in [0.2, 0.25) is 11.8 Å². The first-order chi connectivity index (χ1) is 12.5. The number of carbonyl (C=O) groups is 2. The molecule has 3 heterocycles. The average Bonchev–Trinajstić information content (AvgIpc) is 3.27. The van der Waals surface area contributed by atoms with Gasteiger partial charge in [0.1, 0.15) is 0 Å². The molecule has 0 unspecified atom stereocenters. The lowest BCUT2D eigenvalue weighted by Gasteiger charge is -2.14. The van der Waals surface area contributed by atoms with E-state index in [9.17, 15) is 9.59 Å². The number of anilines is 2. The third-order valence-corrected chi connectivity index (χ3v) is 5.30. The fraction of sp³-hybridized carbons (Fsp3) is 0.167. The minimum absolute atomic E-state index is 0.0286. The molecule has 1 aliphatic rings.